The minimum Gasteiger partial charge on any atom is -0.508 e. The van der Waals surface area contributed by atoms with Crippen LogP contribution in [0.4, 0.5) is 5.69 Å². The van der Waals surface area contributed by atoms with Crippen LogP contribution < -0.4 is 5.32 Å². The van der Waals surface area contributed by atoms with Crippen LogP contribution in [-0.4, -0.2) is 24.1 Å². The van der Waals surface area contributed by atoms with E-state index in [1.807, 2.05) is 18.2 Å². The first-order valence-corrected chi connectivity index (χ1v) is 7.38. The van der Waals surface area contributed by atoms with Crippen molar-refractivity contribution >= 4 is 5.69 Å². The van der Waals surface area contributed by atoms with Crippen molar-refractivity contribution in [3.8, 4) is 5.75 Å². The number of benzene rings is 2. The Labute approximate surface area is 127 Å². The van der Waals surface area contributed by atoms with Gasteiger partial charge in [0.2, 0.25) is 0 Å². The molecule has 3 heteroatoms. The molecule has 1 unspecified atom stereocenters. The summed E-state index contributed by atoms with van der Waals surface area (Å²) in [4.78, 5) is 2.15. The van der Waals surface area contributed by atoms with Gasteiger partial charge < -0.3 is 15.3 Å². The van der Waals surface area contributed by atoms with E-state index in [4.69, 9.17) is 0 Å². The Balaban J connectivity index is 2.17. The molecular formula is C18H24N2O. The summed E-state index contributed by atoms with van der Waals surface area (Å²) in [6, 6.07) is 16.1. The van der Waals surface area contributed by atoms with Crippen LogP contribution in [0.2, 0.25) is 0 Å². The monoisotopic (exact) mass is 284 g/mol. The summed E-state index contributed by atoms with van der Waals surface area (Å²) in [6.45, 7) is 3.04. The molecule has 0 radical (unpaired) electrons. The van der Waals surface area contributed by atoms with E-state index < -0.39 is 0 Å². The van der Waals surface area contributed by atoms with Gasteiger partial charge in [0.1, 0.15) is 5.75 Å². The molecule has 0 aliphatic rings. The fourth-order valence-corrected chi connectivity index (χ4v) is 2.51. The van der Waals surface area contributed by atoms with E-state index in [1.165, 1.54) is 5.56 Å². The average Bonchev–Trinajstić information content (AvgIpc) is 2.45. The van der Waals surface area contributed by atoms with Gasteiger partial charge in [-0.15, -0.1) is 0 Å². The highest BCUT2D eigenvalue weighted by Crippen LogP contribution is 2.29. The van der Waals surface area contributed by atoms with Crippen LogP contribution >= 0.6 is 0 Å². The molecule has 0 aliphatic heterocycles. The molecule has 0 aliphatic carbocycles. The number of rotatable bonds is 6. The van der Waals surface area contributed by atoms with Crippen molar-refractivity contribution < 1.29 is 5.11 Å². The van der Waals surface area contributed by atoms with Crippen LogP contribution in [0.15, 0.2) is 48.5 Å². The maximum atomic E-state index is 10.0. The molecule has 2 aromatic carbocycles. The molecule has 0 spiro atoms. The number of hydrogen-bond acceptors (Lipinski definition) is 3. The molecule has 21 heavy (non-hydrogen) atoms. The molecule has 2 rings (SSSR count). The summed E-state index contributed by atoms with van der Waals surface area (Å²) in [7, 11) is 4.13. The van der Waals surface area contributed by atoms with Gasteiger partial charge in [0, 0.05) is 17.8 Å². The molecule has 0 bridgehead atoms. The van der Waals surface area contributed by atoms with Gasteiger partial charge in [-0.25, -0.2) is 0 Å². The topological polar surface area (TPSA) is 35.5 Å². The first-order chi connectivity index (χ1) is 10.1. The van der Waals surface area contributed by atoms with E-state index in [-0.39, 0.29) is 6.04 Å². The zero-order chi connectivity index (χ0) is 15.2. The summed E-state index contributed by atoms with van der Waals surface area (Å²) in [6.07, 6.45) is 0.912. The highest BCUT2D eigenvalue weighted by atomic mass is 16.3. The van der Waals surface area contributed by atoms with Crippen LogP contribution in [0.1, 0.15) is 30.5 Å². The van der Waals surface area contributed by atoms with Crippen molar-refractivity contribution in [2.75, 3.05) is 19.4 Å². The van der Waals surface area contributed by atoms with Gasteiger partial charge in [-0.2, -0.15) is 0 Å². The lowest BCUT2D eigenvalue weighted by Gasteiger charge is -2.20. The predicted octanol–water partition coefficient (Wildman–Crippen LogP) is 4.02. The van der Waals surface area contributed by atoms with Crippen LogP contribution in [0.25, 0.3) is 0 Å². The lowest BCUT2D eigenvalue weighted by atomic mass is 10.0. The molecule has 2 N–H and O–H groups in total. The first-order valence-electron chi connectivity index (χ1n) is 7.38. The highest BCUT2D eigenvalue weighted by Gasteiger charge is 2.13. The fraction of sp³-hybridized carbons (Fsp3) is 0.333. The molecule has 0 fully saturated rings. The van der Waals surface area contributed by atoms with Crippen molar-refractivity contribution in [3.63, 3.8) is 0 Å². The minimum absolute atomic E-state index is 0.112. The number of phenols is 1. The van der Waals surface area contributed by atoms with Crippen LogP contribution in [0, 0.1) is 0 Å². The van der Waals surface area contributed by atoms with Gasteiger partial charge in [-0.1, -0.05) is 37.3 Å². The Morgan fingerprint density at radius 2 is 1.86 bits per heavy atom. The Morgan fingerprint density at radius 1 is 1.10 bits per heavy atom. The van der Waals surface area contributed by atoms with Gasteiger partial charge in [0.05, 0.1) is 6.04 Å². The smallest absolute Gasteiger partial charge is 0.120 e. The van der Waals surface area contributed by atoms with Gasteiger partial charge in [-0.3, -0.25) is 0 Å². The third-order valence-electron chi connectivity index (χ3n) is 3.49. The van der Waals surface area contributed by atoms with Gasteiger partial charge in [0.25, 0.3) is 0 Å². The quantitative estimate of drug-likeness (QED) is 0.841. The summed E-state index contributed by atoms with van der Waals surface area (Å²) in [5.74, 6) is 0.348. The third-order valence-corrected chi connectivity index (χ3v) is 3.49. The van der Waals surface area contributed by atoms with Crippen LogP contribution in [0.3, 0.4) is 0 Å². The summed E-state index contributed by atoms with van der Waals surface area (Å²) < 4.78 is 0. The zero-order valence-electron chi connectivity index (χ0n) is 13.0. The van der Waals surface area contributed by atoms with E-state index in [0.717, 1.165) is 24.2 Å². The number of phenolic OH excluding ortho intramolecular Hbond substituents is 1. The Kier molecular flexibility index (Phi) is 5.23. The number of nitrogens with zero attached hydrogens (tertiary/aromatic N) is 1. The molecular weight excluding hydrogens is 260 g/mol. The molecule has 0 aromatic heterocycles. The first kappa shape index (κ1) is 15.4. The van der Waals surface area contributed by atoms with E-state index in [1.54, 1.807) is 6.07 Å². The Bertz CT molecular complexity index is 581. The summed E-state index contributed by atoms with van der Waals surface area (Å²) in [5.41, 5.74) is 3.31. The standard InChI is InChI=1S/C18H24N2O/c1-4-17(16-10-5-6-11-18(16)21)19-15-9-7-8-14(12-15)13-20(2)3/h5-12,17,19,21H,4,13H2,1-3H3. The van der Waals surface area contributed by atoms with Crippen LogP contribution in [-0.2, 0) is 6.54 Å². The second kappa shape index (κ2) is 7.14. The Morgan fingerprint density at radius 3 is 2.52 bits per heavy atom. The van der Waals surface area contributed by atoms with Gasteiger partial charge >= 0.3 is 0 Å². The Hall–Kier alpha value is -2.00. The number of nitrogens with one attached hydrogen (secondary N) is 1. The maximum Gasteiger partial charge on any atom is 0.120 e. The van der Waals surface area contributed by atoms with E-state index in [0.29, 0.717) is 5.75 Å². The lowest BCUT2D eigenvalue weighted by molar-refractivity contribution is 0.402. The van der Waals surface area contributed by atoms with Crippen molar-refractivity contribution in [1.29, 1.82) is 0 Å². The van der Waals surface area contributed by atoms with Crippen molar-refractivity contribution in [3.05, 3.63) is 59.7 Å². The SMILES string of the molecule is CCC(Nc1cccc(CN(C)C)c1)c1ccccc1O. The summed E-state index contributed by atoms with van der Waals surface area (Å²) in [5, 5.41) is 13.5. The average molecular weight is 284 g/mol. The van der Waals surface area contributed by atoms with Crippen molar-refractivity contribution in [2.45, 2.75) is 25.9 Å². The number of anilines is 1. The second-order valence-electron chi connectivity index (χ2n) is 5.60. The van der Waals surface area contributed by atoms with Crippen molar-refractivity contribution in [1.82, 2.24) is 4.90 Å². The maximum absolute atomic E-state index is 10.0. The number of para-hydroxylation sites is 1. The lowest BCUT2D eigenvalue weighted by Crippen LogP contribution is -2.12. The number of hydrogen-bond donors (Lipinski definition) is 2. The molecule has 1 atom stereocenters. The molecule has 2 aromatic rings. The second-order valence-corrected chi connectivity index (χ2v) is 5.60. The molecule has 0 heterocycles. The molecule has 3 nitrogen and oxygen atoms in total. The molecule has 0 saturated carbocycles. The van der Waals surface area contributed by atoms with Gasteiger partial charge in [-0.05, 0) is 44.3 Å². The van der Waals surface area contributed by atoms with Crippen molar-refractivity contribution in [2.24, 2.45) is 0 Å². The zero-order valence-corrected chi connectivity index (χ0v) is 13.0. The van der Waals surface area contributed by atoms with E-state index in [2.05, 4.69) is 55.5 Å². The van der Waals surface area contributed by atoms with E-state index in [9.17, 15) is 5.11 Å². The molecule has 112 valence electrons. The highest BCUT2D eigenvalue weighted by molar-refractivity contribution is 5.49. The number of aromatic hydroxyl groups is 1. The normalized spacial score (nSPS) is 12.4. The van der Waals surface area contributed by atoms with E-state index >= 15 is 0 Å². The molecule has 0 amide bonds. The van der Waals surface area contributed by atoms with Crippen LogP contribution in [0.5, 0.6) is 5.75 Å². The largest absolute Gasteiger partial charge is 0.508 e. The fourth-order valence-electron chi connectivity index (χ4n) is 2.51. The summed E-state index contributed by atoms with van der Waals surface area (Å²) >= 11 is 0. The third kappa shape index (κ3) is 4.23. The molecule has 0 saturated heterocycles. The predicted molar refractivity (Wildman–Crippen MR) is 88.6 cm³/mol. The van der Waals surface area contributed by atoms with Gasteiger partial charge in [0.15, 0.2) is 0 Å². The minimum atomic E-state index is 0.112.